The van der Waals surface area contributed by atoms with Gasteiger partial charge in [-0.25, -0.2) is 4.98 Å². The summed E-state index contributed by atoms with van der Waals surface area (Å²) in [6.07, 6.45) is 2.84. The average Bonchev–Trinajstić information content (AvgIpc) is 2.82. The van der Waals surface area contributed by atoms with Gasteiger partial charge in [0.1, 0.15) is 5.82 Å². The third-order valence-electron chi connectivity index (χ3n) is 5.60. The first kappa shape index (κ1) is 20.2. The molecule has 160 valence electrons. The number of nitrogens with one attached hydrogen (secondary N) is 3. The molecular formula is C23H25BrN6O. The first-order valence-corrected chi connectivity index (χ1v) is 11.4. The van der Waals surface area contributed by atoms with Crippen molar-refractivity contribution in [1.82, 2.24) is 15.3 Å². The maximum absolute atomic E-state index is 5.43. The average molecular weight is 481 g/mol. The Morgan fingerprint density at radius 2 is 1.77 bits per heavy atom. The smallest absolute Gasteiger partial charge is 0.229 e. The van der Waals surface area contributed by atoms with Gasteiger partial charge in [0.15, 0.2) is 0 Å². The summed E-state index contributed by atoms with van der Waals surface area (Å²) in [5.74, 6) is 1.27. The van der Waals surface area contributed by atoms with Gasteiger partial charge in [0.05, 0.1) is 17.7 Å². The molecular weight excluding hydrogens is 456 g/mol. The summed E-state index contributed by atoms with van der Waals surface area (Å²) in [7, 11) is 0. The molecule has 2 aliphatic heterocycles. The third kappa shape index (κ3) is 4.81. The molecule has 1 saturated heterocycles. The lowest BCUT2D eigenvalue weighted by Gasteiger charge is -2.28. The highest BCUT2D eigenvalue weighted by atomic mass is 79.9. The lowest BCUT2D eigenvalue weighted by molar-refractivity contribution is 0.122. The molecule has 2 aliphatic rings. The number of halogens is 1. The summed E-state index contributed by atoms with van der Waals surface area (Å²) in [4.78, 5) is 11.4. The van der Waals surface area contributed by atoms with E-state index in [1.807, 2.05) is 0 Å². The van der Waals surface area contributed by atoms with Crippen LogP contribution >= 0.6 is 15.9 Å². The van der Waals surface area contributed by atoms with Crippen LogP contribution in [0.5, 0.6) is 0 Å². The Morgan fingerprint density at radius 3 is 2.61 bits per heavy atom. The maximum atomic E-state index is 5.43. The fourth-order valence-corrected chi connectivity index (χ4v) is 4.21. The first-order valence-electron chi connectivity index (χ1n) is 10.6. The van der Waals surface area contributed by atoms with Crippen LogP contribution in [0.4, 0.5) is 28.8 Å². The molecule has 0 amide bonds. The van der Waals surface area contributed by atoms with Gasteiger partial charge in [0.25, 0.3) is 0 Å². The summed E-state index contributed by atoms with van der Waals surface area (Å²) in [6, 6.07) is 14.8. The van der Waals surface area contributed by atoms with E-state index in [-0.39, 0.29) is 0 Å². The van der Waals surface area contributed by atoms with Crippen molar-refractivity contribution in [1.29, 1.82) is 0 Å². The van der Waals surface area contributed by atoms with Crippen LogP contribution in [0.3, 0.4) is 0 Å². The molecule has 0 radical (unpaired) electrons. The molecule has 0 aliphatic carbocycles. The zero-order chi connectivity index (χ0) is 21.0. The highest BCUT2D eigenvalue weighted by Gasteiger charge is 2.12. The normalized spacial score (nSPS) is 16.0. The Morgan fingerprint density at radius 1 is 0.968 bits per heavy atom. The molecule has 1 aromatic heterocycles. The summed E-state index contributed by atoms with van der Waals surface area (Å²) in [5, 5.41) is 10.1. The minimum absolute atomic E-state index is 0.546. The molecule has 0 unspecified atom stereocenters. The van der Waals surface area contributed by atoms with Gasteiger partial charge in [-0.05, 0) is 76.4 Å². The van der Waals surface area contributed by atoms with Gasteiger partial charge in [-0.1, -0.05) is 6.07 Å². The zero-order valence-corrected chi connectivity index (χ0v) is 18.8. The topological polar surface area (TPSA) is 74.3 Å². The van der Waals surface area contributed by atoms with E-state index in [0.717, 1.165) is 67.5 Å². The SMILES string of the molecule is Brc1cnc(Nc2ccc(N3CCOCC3)cc2)nc1Nc1ccc2c(c1)CNCC2. The molecule has 0 spiro atoms. The van der Waals surface area contributed by atoms with Gasteiger partial charge in [0.2, 0.25) is 5.95 Å². The van der Waals surface area contributed by atoms with E-state index in [9.17, 15) is 0 Å². The number of benzene rings is 2. The van der Waals surface area contributed by atoms with Crippen LogP contribution in [0.15, 0.2) is 53.1 Å². The molecule has 7 nitrogen and oxygen atoms in total. The fourth-order valence-electron chi connectivity index (χ4n) is 3.92. The second kappa shape index (κ2) is 9.21. The van der Waals surface area contributed by atoms with E-state index in [4.69, 9.17) is 4.74 Å². The third-order valence-corrected chi connectivity index (χ3v) is 6.18. The van der Waals surface area contributed by atoms with Crippen LogP contribution in [-0.4, -0.2) is 42.8 Å². The summed E-state index contributed by atoms with van der Waals surface area (Å²) >= 11 is 3.56. The highest BCUT2D eigenvalue weighted by molar-refractivity contribution is 9.10. The lowest BCUT2D eigenvalue weighted by atomic mass is 10.0. The standard InChI is InChI=1S/C23H25BrN6O/c24-21-15-26-23(28-18-3-5-20(6-4-18)30-9-11-31-12-10-30)29-22(21)27-19-2-1-16-7-8-25-14-17(16)13-19/h1-6,13,15,25H,7-12,14H2,(H2,26,27,28,29). The summed E-state index contributed by atoms with van der Waals surface area (Å²) in [5.41, 5.74) is 5.91. The molecule has 0 bridgehead atoms. The molecule has 5 rings (SSSR count). The molecule has 31 heavy (non-hydrogen) atoms. The van der Waals surface area contributed by atoms with Crippen molar-refractivity contribution < 1.29 is 4.74 Å². The molecule has 1 fully saturated rings. The monoisotopic (exact) mass is 480 g/mol. The van der Waals surface area contributed by atoms with Crippen molar-refractivity contribution >= 4 is 44.8 Å². The van der Waals surface area contributed by atoms with Crippen molar-refractivity contribution in [2.75, 3.05) is 48.4 Å². The van der Waals surface area contributed by atoms with Crippen molar-refractivity contribution in [3.8, 4) is 0 Å². The summed E-state index contributed by atoms with van der Waals surface area (Å²) < 4.78 is 6.25. The van der Waals surface area contributed by atoms with Crippen molar-refractivity contribution in [2.45, 2.75) is 13.0 Å². The van der Waals surface area contributed by atoms with Crippen molar-refractivity contribution in [2.24, 2.45) is 0 Å². The molecule has 3 heterocycles. The Kier molecular flexibility index (Phi) is 6.01. The number of rotatable bonds is 5. The Hall–Kier alpha value is -2.68. The number of hydrogen-bond donors (Lipinski definition) is 3. The fraction of sp³-hybridized carbons (Fsp3) is 0.304. The number of hydrogen-bond acceptors (Lipinski definition) is 7. The van der Waals surface area contributed by atoms with Crippen LogP contribution in [0.2, 0.25) is 0 Å². The second-order valence-electron chi connectivity index (χ2n) is 7.70. The van der Waals surface area contributed by atoms with Crippen LogP contribution < -0.4 is 20.9 Å². The number of anilines is 5. The van der Waals surface area contributed by atoms with E-state index in [1.54, 1.807) is 6.20 Å². The van der Waals surface area contributed by atoms with Gasteiger partial charge in [0, 0.05) is 42.9 Å². The number of ether oxygens (including phenoxy) is 1. The predicted molar refractivity (Wildman–Crippen MR) is 128 cm³/mol. The quantitative estimate of drug-likeness (QED) is 0.504. The molecule has 3 aromatic rings. The molecule has 3 N–H and O–H groups in total. The molecule has 2 aromatic carbocycles. The van der Waals surface area contributed by atoms with Crippen LogP contribution in [0.25, 0.3) is 0 Å². The van der Waals surface area contributed by atoms with Crippen LogP contribution in [0, 0.1) is 0 Å². The summed E-state index contributed by atoms with van der Waals surface area (Å²) in [6.45, 7) is 5.36. The second-order valence-corrected chi connectivity index (χ2v) is 8.55. The van der Waals surface area contributed by atoms with Crippen molar-refractivity contribution in [3.63, 3.8) is 0 Å². The van der Waals surface area contributed by atoms with Gasteiger partial charge in [-0.3, -0.25) is 0 Å². The first-order chi connectivity index (χ1) is 15.2. The molecule has 8 heteroatoms. The van der Waals surface area contributed by atoms with Crippen molar-refractivity contribution in [3.05, 3.63) is 64.3 Å². The minimum atomic E-state index is 0.546. The van der Waals surface area contributed by atoms with E-state index in [1.165, 1.54) is 16.8 Å². The number of morpholine rings is 1. The van der Waals surface area contributed by atoms with Crippen LogP contribution in [0.1, 0.15) is 11.1 Å². The van der Waals surface area contributed by atoms with E-state index in [2.05, 4.69) is 89.2 Å². The Balaban J connectivity index is 1.29. The molecule has 0 atom stereocenters. The zero-order valence-electron chi connectivity index (χ0n) is 17.2. The molecule has 0 saturated carbocycles. The largest absolute Gasteiger partial charge is 0.378 e. The Bertz CT molecular complexity index is 1050. The highest BCUT2D eigenvalue weighted by Crippen LogP contribution is 2.28. The lowest BCUT2D eigenvalue weighted by Crippen LogP contribution is -2.36. The van der Waals surface area contributed by atoms with Gasteiger partial charge >= 0.3 is 0 Å². The van der Waals surface area contributed by atoms with Gasteiger partial charge in [-0.2, -0.15) is 4.98 Å². The van der Waals surface area contributed by atoms with Gasteiger partial charge < -0.3 is 25.6 Å². The predicted octanol–water partition coefficient (Wildman–Crippen LogP) is 4.21. The van der Waals surface area contributed by atoms with Crippen LogP contribution in [-0.2, 0) is 17.7 Å². The number of aromatic nitrogens is 2. The minimum Gasteiger partial charge on any atom is -0.378 e. The maximum Gasteiger partial charge on any atom is 0.229 e. The Labute approximate surface area is 190 Å². The van der Waals surface area contributed by atoms with E-state index < -0.39 is 0 Å². The van der Waals surface area contributed by atoms with E-state index in [0.29, 0.717) is 5.95 Å². The van der Waals surface area contributed by atoms with Gasteiger partial charge in [-0.15, -0.1) is 0 Å². The van der Waals surface area contributed by atoms with E-state index >= 15 is 0 Å². The number of nitrogens with zero attached hydrogens (tertiary/aromatic N) is 3. The number of fused-ring (bicyclic) bond motifs is 1.